The van der Waals surface area contributed by atoms with E-state index in [4.69, 9.17) is 13.9 Å². The number of hydrogen-bond acceptors (Lipinski definition) is 7. The van der Waals surface area contributed by atoms with Gasteiger partial charge in [0.25, 0.3) is 0 Å². The quantitative estimate of drug-likeness (QED) is 0.360. The van der Waals surface area contributed by atoms with Gasteiger partial charge in [-0.1, -0.05) is 29.5 Å². The fourth-order valence-electron chi connectivity index (χ4n) is 3.96. The predicted octanol–water partition coefficient (Wildman–Crippen LogP) is 4.52. The third-order valence-electron chi connectivity index (χ3n) is 5.82. The van der Waals surface area contributed by atoms with Crippen molar-refractivity contribution in [1.82, 2.24) is 15.0 Å². The summed E-state index contributed by atoms with van der Waals surface area (Å²) in [5.74, 6) is 0.967. The Hall–Kier alpha value is -4.33. The van der Waals surface area contributed by atoms with Gasteiger partial charge in [0.2, 0.25) is 5.43 Å². The maximum absolute atomic E-state index is 13.3. The highest BCUT2D eigenvalue weighted by molar-refractivity contribution is 5.95. The average Bonchev–Trinajstić information content (AvgIpc) is 3.31. The molecule has 34 heavy (non-hydrogen) atoms. The molecule has 0 amide bonds. The van der Waals surface area contributed by atoms with Crippen molar-refractivity contribution in [2.75, 3.05) is 19.5 Å². The van der Waals surface area contributed by atoms with Crippen molar-refractivity contribution in [1.29, 1.82) is 0 Å². The molecule has 5 rings (SSSR count). The normalized spacial score (nSPS) is 11.1. The number of hydrogen-bond donors (Lipinski definition) is 1. The Kier molecular flexibility index (Phi) is 5.63. The summed E-state index contributed by atoms with van der Waals surface area (Å²) in [6.07, 6.45) is 1.92. The van der Waals surface area contributed by atoms with E-state index in [-0.39, 0.29) is 5.43 Å². The van der Waals surface area contributed by atoms with Crippen LogP contribution in [0.3, 0.4) is 0 Å². The van der Waals surface area contributed by atoms with Gasteiger partial charge in [0.1, 0.15) is 33.7 Å². The highest BCUT2D eigenvalue weighted by Gasteiger charge is 2.15. The summed E-state index contributed by atoms with van der Waals surface area (Å²) in [7, 11) is 3.07. The minimum Gasteiger partial charge on any atom is -0.496 e. The molecule has 0 saturated heterocycles. The average molecular weight is 457 g/mol. The van der Waals surface area contributed by atoms with Crippen molar-refractivity contribution in [2.24, 2.45) is 0 Å². The first-order valence-electron chi connectivity index (χ1n) is 10.9. The number of rotatable bonds is 7. The second-order valence-electron chi connectivity index (χ2n) is 8.03. The highest BCUT2D eigenvalue weighted by atomic mass is 16.5. The van der Waals surface area contributed by atoms with E-state index in [1.807, 2.05) is 29.1 Å². The van der Waals surface area contributed by atoms with Crippen LogP contribution in [0, 0.1) is 6.92 Å². The van der Waals surface area contributed by atoms with Gasteiger partial charge in [-0.05, 0) is 36.2 Å². The number of nitrogens with zero attached hydrogens (tertiary/aromatic N) is 3. The Labute approximate surface area is 195 Å². The van der Waals surface area contributed by atoms with Gasteiger partial charge in [0.05, 0.1) is 38.9 Å². The fourth-order valence-corrected chi connectivity index (χ4v) is 3.96. The fraction of sp³-hybridized carbons (Fsp3) is 0.192. The lowest BCUT2D eigenvalue weighted by molar-refractivity contribution is 0.396. The van der Waals surface area contributed by atoms with Crippen molar-refractivity contribution >= 4 is 27.6 Å². The van der Waals surface area contributed by atoms with Crippen LogP contribution in [-0.4, -0.2) is 29.2 Å². The number of benzene rings is 3. The number of fused-ring (bicyclic) bond motifs is 2. The Bertz CT molecular complexity index is 1550. The predicted molar refractivity (Wildman–Crippen MR) is 131 cm³/mol. The lowest BCUT2D eigenvalue weighted by Gasteiger charge is -2.10. The van der Waals surface area contributed by atoms with Gasteiger partial charge in [-0.2, -0.15) is 0 Å². The summed E-state index contributed by atoms with van der Waals surface area (Å²) < 4.78 is 18.5. The van der Waals surface area contributed by atoms with Crippen LogP contribution in [0.25, 0.3) is 21.9 Å². The van der Waals surface area contributed by atoms with Crippen LogP contribution in [0.15, 0.2) is 70.0 Å². The molecular formula is C26H24N4O4. The Morgan fingerprint density at radius 2 is 1.88 bits per heavy atom. The molecular weight excluding hydrogens is 432 g/mol. The molecule has 0 unspecified atom stereocenters. The highest BCUT2D eigenvalue weighted by Crippen LogP contribution is 2.31. The van der Waals surface area contributed by atoms with E-state index in [0.29, 0.717) is 46.5 Å². The van der Waals surface area contributed by atoms with Crippen LogP contribution in [-0.2, 0) is 13.1 Å². The van der Waals surface area contributed by atoms with Gasteiger partial charge >= 0.3 is 0 Å². The van der Waals surface area contributed by atoms with Crippen LogP contribution in [0.2, 0.25) is 0 Å². The molecule has 0 fully saturated rings. The van der Waals surface area contributed by atoms with Gasteiger partial charge in [-0.15, -0.1) is 5.10 Å². The summed E-state index contributed by atoms with van der Waals surface area (Å²) in [4.78, 5) is 13.3. The van der Waals surface area contributed by atoms with Gasteiger partial charge in [0, 0.05) is 17.8 Å². The van der Waals surface area contributed by atoms with Crippen molar-refractivity contribution in [3.05, 3.63) is 87.8 Å². The molecule has 0 aliphatic carbocycles. The van der Waals surface area contributed by atoms with Crippen LogP contribution in [0.5, 0.6) is 11.5 Å². The van der Waals surface area contributed by atoms with Gasteiger partial charge in [0.15, 0.2) is 0 Å². The zero-order valence-corrected chi connectivity index (χ0v) is 19.2. The van der Waals surface area contributed by atoms with E-state index in [1.54, 1.807) is 31.4 Å². The first-order valence-corrected chi connectivity index (χ1v) is 10.9. The molecule has 5 aromatic rings. The molecule has 1 N–H and O–H groups in total. The monoisotopic (exact) mass is 456 g/mol. The van der Waals surface area contributed by atoms with E-state index in [1.165, 1.54) is 18.2 Å². The number of aryl methyl sites for hydroxylation is 1. The molecule has 3 aromatic carbocycles. The van der Waals surface area contributed by atoms with E-state index in [0.717, 1.165) is 11.4 Å². The third-order valence-corrected chi connectivity index (χ3v) is 5.82. The van der Waals surface area contributed by atoms with Crippen LogP contribution in [0.4, 0.5) is 5.69 Å². The smallest absolute Gasteiger partial charge is 0.204 e. The molecule has 8 heteroatoms. The van der Waals surface area contributed by atoms with Crippen LogP contribution >= 0.6 is 0 Å². The minimum atomic E-state index is -0.163. The topological polar surface area (TPSA) is 91.4 Å². The number of ether oxygens (including phenoxy) is 2. The number of anilines is 1. The molecule has 2 aromatic heterocycles. The molecule has 2 heterocycles. The molecule has 8 nitrogen and oxygen atoms in total. The molecule has 0 atom stereocenters. The van der Waals surface area contributed by atoms with E-state index in [2.05, 4.69) is 34.7 Å². The summed E-state index contributed by atoms with van der Waals surface area (Å²) >= 11 is 0. The van der Waals surface area contributed by atoms with Crippen molar-refractivity contribution in [2.45, 2.75) is 20.0 Å². The van der Waals surface area contributed by atoms with E-state index in [9.17, 15) is 4.79 Å². The summed E-state index contributed by atoms with van der Waals surface area (Å²) in [5, 5.41) is 12.7. The van der Waals surface area contributed by atoms with Crippen molar-refractivity contribution < 1.29 is 13.9 Å². The number of nitrogens with one attached hydrogen (secondary N) is 1. The molecule has 172 valence electrons. The van der Waals surface area contributed by atoms with Crippen molar-refractivity contribution in [3.63, 3.8) is 0 Å². The standard InChI is InChI=1S/C26H24N4O4/c1-16-6-4-5-7-17(16)14-30-15-19(28-29-30)13-27-18-8-9-22-21(10-18)26(31)25-23(33-3)11-20(32-2)12-24(25)34-22/h4-12,15,27H,13-14H2,1-3H3. The Morgan fingerprint density at radius 1 is 1.03 bits per heavy atom. The molecule has 0 aliphatic heterocycles. The minimum absolute atomic E-state index is 0.163. The maximum atomic E-state index is 13.3. The van der Waals surface area contributed by atoms with E-state index < -0.39 is 0 Å². The second-order valence-corrected chi connectivity index (χ2v) is 8.03. The van der Waals surface area contributed by atoms with Gasteiger partial charge in [-0.3, -0.25) is 4.79 Å². The summed E-state index contributed by atoms with van der Waals surface area (Å²) in [5.41, 5.74) is 4.74. The largest absolute Gasteiger partial charge is 0.496 e. The third kappa shape index (κ3) is 4.05. The second kappa shape index (κ2) is 8.90. The lowest BCUT2D eigenvalue weighted by Crippen LogP contribution is -2.06. The molecule has 0 aliphatic rings. The molecule has 0 saturated carbocycles. The van der Waals surface area contributed by atoms with Crippen LogP contribution in [0.1, 0.15) is 16.8 Å². The zero-order chi connectivity index (χ0) is 23.7. The van der Waals surface area contributed by atoms with Gasteiger partial charge < -0.3 is 19.2 Å². The Balaban J connectivity index is 1.39. The summed E-state index contributed by atoms with van der Waals surface area (Å²) in [6, 6.07) is 17.0. The lowest BCUT2D eigenvalue weighted by atomic mass is 10.1. The van der Waals surface area contributed by atoms with E-state index >= 15 is 0 Å². The first kappa shape index (κ1) is 21.5. The zero-order valence-electron chi connectivity index (χ0n) is 19.2. The van der Waals surface area contributed by atoms with Crippen molar-refractivity contribution in [3.8, 4) is 11.5 Å². The SMILES string of the molecule is COc1cc(OC)c2c(=O)c3cc(NCc4cn(Cc5ccccc5C)nn4)ccc3oc2c1. The maximum Gasteiger partial charge on any atom is 0.204 e. The molecule has 0 spiro atoms. The first-order chi connectivity index (χ1) is 16.6. The van der Waals surface area contributed by atoms with Crippen LogP contribution < -0.4 is 20.2 Å². The molecule has 0 bridgehead atoms. The Morgan fingerprint density at radius 3 is 2.68 bits per heavy atom. The number of aromatic nitrogens is 3. The number of methoxy groups -OCH3 is 2. The van der Waals surface area contributed by atoms with Gasteiger partial charge in [-0.25, -0.2) is 4.68 Å². The summed E-state index contributed by atoms with van der Waals surface area (Å²) in [6.45, 7) is 3.22. The molecule has 0 radical (unpaired) electrons.